The Morgan fingerprint density at radius 2 is 2.04 bits per heavy atom. The van der Waals surface area contributed by atoms with E-state index in [1.165, 1.54) is 30.5 Å². The highest BCUT2D eigenvalue weighted by Crippen LogP contribution is 2.30. The van der Waals surface area contributed by atoms with E-state index in [2.05, 4.69) is 4.98 Å². The third kappa shape index (κ3) is 4.33. The lowest BCUT2D eigenvalue weighted by Gasteiger charge is -2.25. The summed E-state index contributed by atoms with van der Waals surface area (Å²) in [7, 11) is 0. The molecule has 132 valence electrons. The van der Waals surface area contributed by atoms with Gasteiger partial charge in [-0.05, 0) is 43.5 Å². The molecule has 1 aliphatic rings. The summed E-state index contributed by atoms with van der Waals surface area (Å²) in [6.07, 6.45) is 2.48. The highest BCUT2D eigenvalue weighted by Gasteiger charge is 2.34. The van der Waals surface area contributed by atoms with Gasteiger partial charge < -0.3 is 14.7 Å². The van der Waals surface area contributed by atoms with Crippen LogP contribution in [0.15, 0.2) is 42.6 Å². The van der Waals surface area contributed by atoms with Crippen molar-refractivity contribution in [2.45, 2.75) is 31.9 Å². The second-order valence-corrected chi connectivity index (χ2v) is 6.07. The zero-order valence-electron chi connectivity index (χ0n) is 14.1. The fourth-order valence-electron chi connectivity index (χ4n) is 2.67. The summed E-state index contributed by atoms with van der Waals surface area (Å²) in [5.41, 5.74) is 1.05. The van der Waals surface area contributed by atoms with Crippen molar-refractivity contribution < 1.29 is 19.0 Å². The van der Waals surface area contributed by atoms with Crippen LogP contribution in [0.2, 0.25) is 0 Å². The van der Waals surface area contributed by atoms with Gasteiger partial charge in [-0.25, -0.2) is 9.37 Å². The molecule has 0 spiro atoms. The molecule has 2 aromatic rings. The van der Waals surface area contributed by atoms with E-state index >= 15 is 0 Å². The van der Waals surface area contributed by atoms with Gasteiger partial charge in [-0.3, -0.25) is 4.79 Å². The molecule has 1 amide bonds. The smallest absolute Gasteiger partial charge is 0.255 e. The van der Waals surface area contributed by atoms with E-state index in [4.69, 9.17) is 4.74 Å². The molecule has 0 saturated heterocycles. The Morgan fingerprint density at radius 3 is 2.60 bits per heavy atom. The van der Waals surface area contributed by atoms with Gasteiger partial charge in [0.15, 0.2) is 0 Å². The average molecular weight is 344 g/mol. The number of benzene rings is 1. The van der Waals surface area contributed by atoms with Gasteiger partial charge in [0.05, 0.1) is 24.8 Å². The number of carbonyl (C=O) groups excluding carboxylic acids is 1. The molecule has 1 atom stereocenters. The second-order valence-electron chi connectivity index (χ2n) is 6.07. The van der Waals surface area contributed by atoms with Crippen molar-refractivity contribution in [3.8, 4) is 5.88 Å². The summed E-state index contributed by atoms with van der Waals surface area (Å²) in [6, 6.07) is 9.16. The Labute approximate surface area is 146 Å². The van der Waals surface area contributed by atoms with E-state index in [9.17, 15) is 14.3 Å². The molecule has 1 aromatic carbocycles. The van der Waals surface area contributed by atoms with Crippen molar-refractivity contribution >= 4 is 5.91 Å². The van der Waals surface area contributed by atoms with Crippen molar-refractivity contribution in [3.63, 3.8) is 0 Å². The lowest BCUT2D eigenvalue weighted by molar-refractivity contribution is 0.0602. The first kappa shape index (κ1) is 17.4. The molecule has 5 nitrogen and oxygen atoms in total. The van der Waals surface area contributed by atoms with Crippen LogP contribution in [-0.4, -0.2) is 40.1 Å². The summed E-state index contributed by atoms with van der Waals surface area (Å²) in [6.45, 7) is 2.55. The molecule has 0 radical (unpaired) electrons. The molecule has 25 heavy (non-hydrogen) atoms. The van der Waals surface area contributed by atoms with Gasteiger partial charge in [-0.15, -0.1) is 0 Å². The normalized spacial score (nSPS) is 14.8. The average Bonchev–Trinajstić information content (AvgIpc) is 3.45. The maximum Gasteiger partial charge on any atom is 0.255 e. The number of carbonyl (C=O) groups is 1. The van der Waals surface area contributed by atoms with Gasteiger partial charge in [0.2, 0.25) is 5.88 Å². The van der Waals surface area contributed by atoms with Gasteiger partial charge in [0.1, 0.15) is 5.82 Å². The van der Waals surface area contributed by atoms with Gasteiger partial charge >= 0.3 is 0 Å². The van der Waals surface area contributed by atoms with Crippen LogP contribution in [0.1, 0.15) is 41.8 Å². The number of pyridine rings is 1. The second kappa shape index (κ2) is 7.61. The van der Waals surface area contributed by atoms with Gasteiger partial charge in [0, 0.05) is 18.3 Å². The summed E-state index contributed by atoms with van der Waals surface area (Å²) in [4.78, 5) is 18.6. The molecule has 1 unspecified atom stereocenters. The summed E-state index contributed by atoms with van der Waals surface area (Å²) >= 11 is 0. The molecule has 6 heteroatoms. The highest BCUT2D eigenvalue weighted by atomic mass is 19.1. The Balaban J connectivity index is 1.72. The van der Waals surface area contributed by atoms with E-state index in [0.29, 0.717) is 23.6 Å². The number of halogens is 1. The fourth-order valence-corrected chi connectivity index (χ4v) is 2.67. The molecule has 1 saturated carbocycles. The zero-order chi connectivity index (χ0) is 17.8. The Morgan fingerprint density at radius 1 is 1.32 bits per heavy atom. The molecule has 0 aliphatic heterocycles. The third-order valence-electron chi connectivity index (χ3n) is 4.15. The Bertz CT molecular complexity index is 714. The Hall–Kier alpha value is -2.47. The lowest BCUT2D eigenvalue weighted by Crippen LogP contribution is -2.36. The Kier molecular flexibility index (Phi) is 5.28. The SMILES string of the molecule is CCOc1ccc(C(=O)N(CC(O)c2ccc(F)cc2)C2CC2)cn1. The molecule has 1 aromatic heterocycles. The largest absolute Gasteiger partial charge is 0.478 e. The number of hydrogen-bond donors (Lipinski definition) is 1. The molecule has 0 bridgehead atoms. The number of ether oxygens (including phenoxy) is 1. The first-order valence-corrected chi connectivity index (χ1v) is 8.42. The van der Waals surface area contributed by atoms with Crippen molar-refractivity contribution in [1.82, 2.24) is 9.88 Å². The maximum absolute atomic E-state index is 13.0. The standard InChI is InChI=1S/C19H21FN2O3/c1-2-25-18-10-5-14(11-21-18)19(24)22(16-8-9-16)12-17(23)13-3-6-15(20)7-4-13/h3-7,10-11,16-17,23H,2,8-9,12H2,1H3. The van der Waals surface area contributed by atoms with Crippen molar-refractivity contribution in [3.05, 3.63) is 59.5 Å². The van der Waals surface area contributed by atoms with Gasteiger partial charge in [-0.1, -0.05) is 12.1 Å². The maximum atomic E-state index is 13.0. The summed E-state index contributed by atoms with van der Waals surface area (Å²) < 4.78 is 18.3. The van der Waals surface area contributed by atoms with E-state index in [0.717, 1.165) is 12.8 Å². The molecule has 1 fully saturated rings. The topological polar surface area (TPSA) is 62.7 Å². The number of aliphatic hydroxyl groups excluding tert-OH is 1. The number of hydrogen-bond acceptors (Lipinski definition) is 4. The summed E-state index contributed by atoms with van der Waals surface area (Å²) in [5, 5.41) is 10.4. The van der Waals surface area contributed by atoms with Crippen LogP contribution >= 0.6 is 0 Å². The molecule has 1 aliphatic carbocycles. The quantitative estimate of drug-likeness (QED) is 0.839. The van der Waals surface area contributed by atoms with E-state index in [1.807, 2.05) is 6.92 Å². The van der Waals surface area contributed by atoms with Crippen LogP contribution in [0.3, 0.4) is 0 Å². The number of aliphatic hydroxyl groups is 1. The third-order valence-corrected chi connectivity index (χ3v) is 4.15. The van der Waals surface area contributed by atoms with Crippen LogP contribution in [-0.2, 0) is 0 Å². The van der Waals surface area contributed by atoms with E-state index < -0.39 is 6.10 Å². The minimum atomic E-state index is -0.860. The number of rotatable bonds is 7. The number of nitrogens with zero attached hydrogens (tertiary/aromatic N) is 2. The first-order valence-electron chi connectivity index (χ1n) is 8.42. The van der Waals surface area contributed by atoms with Crippen LogP contribution in [0.4, 0.5) is 4.39 Å². The van der Waals surface area contributed by atoms with Crippen molar-refractivity contribution in [2.75, 3.05) is 13.2 Å². The van der Waals surface area contributed by atoms with Crippen LogP contribution in [0.25, 0.3) is 0 Å². The molecule has 1 N–H and O–H groups in total. The zero-order valence-corrected chi connectivity index (χ0v) is 14.1. The van der Waals surface area contributed by atoms with Crippen LogP contribution in [0.5, 0.6) is 5.88 Å². The molecule has 1 heterocycles. The monoisotopic (exact) mass is 344 g/mol. The van der Waals surface area contributed by atoms with Crippen LogP contribution in [0, 0.1) is 5.82 Å². The predicted molar refractivity (Wildman–Crippen MR) is 90.8 cm³/mol. The van der Waals surface area contributed by atoms with Gasteiger partial charge in [0.25, 0.3) is 5.91 Å². The predicted octanol–water partition coefficient (Wildman–Crippen LogP) is 2.96. The van der Waals surface area contributed by atoms with Crippen molar-refractivity contribution in [1.29, 1.82) is 0 Å². The molecule has 3 rings (SSSR count). The van der Waals surface area contributed by atoms with Crippen LogP contribution < -0.4 is 4.74 Å². The van der Waals surface area contributed by atoms with Crippen molar-refractivity contribution in [2.24, 2.45) is 0 Å². The van der Waals surface area contributed by atoms with E-state index in [-0.39, 0.29) is 24.3 Å². The lowest BCUT2D eigenvalue weighted by atomic mass is 10.1. The highest BCUT2D eigenvalue weighted by molar-refractivity contribution is 5.94. The molecular weight excluding hydrogens is 323 g/mol. The minimum absolute atomic E-state index is 0.133. The number of amides is 1. The fraction of sp³-hybridized carbons (Fsp3) is 0.368. The molecular formula is C19H21FN2O3. The minimum Gasteiger partial charge on any atom is -0.478 e. The first-order chi connectivity index (χ1) is 12.1. The van der Waals surface area contributed by atoms with E-state index in [1.54, 1.807) is 17.0 Å². The number of aromatic nitrogens is 1. The summed E-state index contributed by atoms with van der Waals surface area (Å²) in [5.74, 6) is -0.0471. The van der Waals surface area contributed by atoms with Gasteiger partial charge in [-0.2, -0.15) is 0 Å².